The topological polar surface area (TPSA) is 154 Å². The quantitative estimate of drug-likeness (QED) is 0.157. The van der Waals surface area contributed by atoms with Crippen LogP contribution in [0.25, 0.3) is 28.1 Å². The lowest BCUT2D eigenvalue weighted by Crippen LogP contribution is -2.41. The molecule has 4 atom stereocenters. The molecule has 10 rings (SSSR count). The van der Waals surface area contributed by atoms with Gasteiger partial charge in [0, 0.05) is 84.3 Å². The molecule has 1 N–H and O–H groups in total. The molecule has 0 bridgehead atoms. The molecule has 1 saturated heterocycles. The maximum Gasteiger partial charge on any atom is 0.338 e. The summed E-state index contributed by atoms with van der Waals surface area (Å²) in [5.41, 5.74) is 4.91. The van der Waals surface area contributed by atoms with Crippen LogP contribution in [0.2, 0.25) is 0 Å². The Hall–Kier alpha value is -5.91. The van der Waals surface area contributed by atoms with Crippen molar-refractivity contribution in [2.45, 2.75) is 82.7 Å². The van der Waals surface area contributed by atoms with Crippen molar-refractivity contribution in [1.82, 2.24) is 37.7 Å². The molecule has 0 spiro atoms. The Bertz CT molecular complexity index is 3230. The van der Waals surface area contributed by atoms with Crippen molar-refractivity contribution in [2.75, 3.05) is 32.6 Å². The fraction of sp³-hybridized carbons (Fsp3) is 0.383. The Kier molecular flexibility index (Phi) is 10.3. The number of benzene rings is 3. The van der Waals surface area contributed by atoms with Gasteiger partial charge in [-0.15, -0.1) is 0 Å². The van der Waals surface area contributed by atoms with Crippen LogP contribution in [0.5, 0.6) is 0 Å². The van der Waals surface area contributed by atoms with Crippen molar-refractivity contribution in [3.63, 3.8) is 0 Å². The van der Waals surface area contributed by atoms with Crippen molar-refractivity contribution >= 4 is 38.1 Å². The Balaban J connectivity index is 1.11. The Morgan fingerprint density at radius 2 is 1.70 bits per heavy atom. The molecule has 14 nitrogen and oxygen atoms in total. The lowest BCUT2D eigenvalue weighted by Gasteiger charge is -2.34. The first-order chi connectivity index (χ1) is 30.8. The number of halogens is 1. The van der Waals surface area contributed by atoms with Crippen molar-refractivity contribution in [3.05, 3.63) is 138 Å². The van der Waals surface area contributed by atoms with Crippen LogP contribution >= 0.6 is 11.5 Å². The van der Waals surface area contributed by atoms with E-state index in [-0.39, 0.29) is 28.2 Å². The Labute approximate surface area is 373 Å². The number of carbonyl (C=O) groups is 1. The smallest absolute Gasteiger partial charge is 0.338 e. The number of aromatic amines is 1. The minimum absolute atomic E-state index is 0.0879. The van der Waals surface area contributed by atoms with Crippen LogP contribution in [0.4, 0.5) is 4.39 Å². The van der Waals surface area contributed by atoms with Crippen LogP contribution in [0.3, 0.4) is 0 Å². The number of amides is 1. The first-order valence-electron chi connectivity index (χ1n) is 21.8. The van der Waals surface area contributed by atoms with Crippen LogP contribution in [0.15, 0.2) is 91.9 Å². The Morgan fingerprint density at radius 3 is 2.34 bits per heavy atom. The average molecular weight is 904 g/mol. The minimum atomic E-state index is -2.58. The summed E-state index contributed by atoms with van der Waals surface area (Å²) in [6, 6.07) is 18.3. The molecule has 2 fully saturated rings. The van der Waals surface area contributed by atoms with E-state index in [4.69, 9.17) is 9.84 Å². The molecule has 1 unspecified atom stereocenters. The van der Waals surface area contributed by atoms with Crippen molar-refractivity contribution in [2.24, 2.45) is 10.3 Å². The number of hydrogen-bond acceptors (Lipinski definition) is 9. The molecule has 6 heterocycles. The number of carbonyl (C=O) groups excluding carboxylic acids is 1. The number of aryl methyl sites for hydroxylation is 2. The molecular weight excluding hydrogens is 854 g/mol. The number of nitrogens with one attached hydrogen (secondary N) is 1. The van der Waals surface area contributed by atoms with Gasteiger partial charge < -0.3 is 14.2 Å². The molecule has 3 aromatic carbocycles. The van der Waals surface area contributed by atoms with Gasteiger partial charge in [0.05, 0.1) is 32.8 Å². The van der Waals surface area contributed by atoms with E-state index in [2.05, 4.69) is 43.4 Å². The molecule has 17 heteroatoms. The molecule has 3 aliphatic rings. The maximum absolute atomic E-state index is 15.5. The van der Waals surface area contributed by atoms with Crippen LogP contribution in [0, 0.1) is 25.6 Å². The van der Waals surface area contributed by atoms with E-state index in [1.54, 1.807) is 74.4 Å². The molecule has 1 aliphatic carbocycles. The predicted molar refractivity (Wildman–Crippen MR) is 245 cm³/mol. The standard InChI is InChI=1S/C47H50FN9O5S2/c1-7-64(61,49-6)36-11-9-34(10-12-36)54-18-19-55(46(54)60)42-40-30(5)53(17-14-37(40)51-57(42)35-22-27(2)41(48)28(3)23-35)43(58)39-25-33-24-32(31-15-20-62-21-16-31)8-13-38(33)56(39)47(26-29(47)4)44-50-45(59)63-52-44/h8-13,18-19,22-25,29-31H,7,14-17,20-21,26H2,1-6H3,(H,50,52,59)/t29-,30-,47-,64?/m0/s1. The number of nitrogens with zero attached hydrogens (tertiary/aromatic N) is 8. The van der Waals surface area contributed by atoms with Gasteiger partial charge in [-0.2, -0.15) is 9.47 Å². The average Bonchev–Trinajstić information content (AvgIpc) is 3.80. The van der Waals surface area contributed by atoms with E-state index in [0.717, 1.165) is 41.0 Å². The predicted octanol–water partition coefficient (Wildman–Crippen LogP) is 7.58. The summed E-state index contributed by atoms with van der Waals surface area (Å²) in [4.78, 5) is 47.9. The van der Waals surface area contributed by atoms with Gasteiger partial charge in [0.25, 0.3) is 5.91 Å². The van der Waals surface area contributed by atoms with E-state index in [1.807, 2.05) is 24.8 Å². The second kappa shape index (κ2) is 15.7. The van der Waals surface area contributed by atoms with E-state index in [9.17, 15) is 13.8 Å². The minimum Gasteiger partial charge on any atom is -0.381 e. The number of rotatable bonds is 9. The third kappa shape index (κ3) is 6.56. The molecule has 0 radical (unpaired) electrons. The highest BCUT2D eigenvalue weighted by Crippen LogP contribution is 2.56. The highest BCUT2D eigenvalue weighted by atomic mass is 32.2. The number of aromatic nitrogens is 7. The summed E-state index contributed by atoms with van der Waals surface area (Å²) >= 11 is 0.883. The van der Waals surface area contributed by atoms with Gasteiger partial charge in [-0.3, -0.25) is 23.7 Å². The maximum atomic E-state index is 15.5. The summed E-state index contributed by atoms with van der Waals surface area (Å²) in [5, 5.41) is 6.04. The largest absolute Gasteiger partial charge is 0.381 e. The van der Waals surface area contributed by atoms with E-state index < -0.39 is 21.3 Å². The second-order valence-electron chi connectivity index (χ2n) is 17.4. The molecular formula is C47H50FN9O5S2. The third-order valence-corrected chi connectivity index (χ3v) is 16.7. The number of H-pyrrole nitrogens is 1. The molecule has 332 valence electrons. The van der Waals surface area contributed by atoms with Gasteiger partial charge in [-0.25, -0.2) is 22.4 Å². The van der Waals surface area contributed by atoms with Crippen LogP contribution in [-0.4, -0.2) is 80.4 Å². The number of imidazole rings is 1. The highest BCUT2D eigenvalue weighted by Gasteiger charge is 2.58. The van der Waals surface area contributed by atoms with Gasteiger partial charge in [-0.05, 0) is 123 Å². The van der Waals surface area contributed by atoms with Gasteiger partial charge in [0.15, 0.2) is 0 Å². The van der Waals surface area contributed by atoms with Gasteiger partial charge in [0.1, 0.15) is 28.7 Å². The van der Waals surface area contributed by atoms with Crippen molar-refractivity contribution in [3.8, 4) is 17.2 Å². The molecule has 2 aliphatic heterocycles. The van der Waals surface area contributed by atoms with Crippen molar-refractivity contribution < 1.29 is 18.1 Å². The third-order valence-electron chi connectivity index (χ3n) is 13.8. The number of ether oxygens (including phenoxy) is 1. The highest BCUT2D eigenvalue weighted by molar-refractivity contribution is 7.93. The molecule has 64 heavy (non-hydrogen) atoms. The molecule has 4 aromatic heterocycles. The molecule has 1 amide bonds. The summed E-state index contributed by atoms with van der Waals surface area (Å²) in [6.07, 6.45) is 6.30. The number of hydrogen-bond donors (Lipinski definition) is 1. The van der Waals surface area contributed by atoms with Gasteiger partial charge in [-0.1, -0.05) is 19.9 Å². The van der Waals surface area contributed by atoms with E-state index in [0.29, 0.717) is 94.6 Å². The second-order valence-corrected chi connectivity index (χ2v) is 20.8. The normalized spacial score (nSPS) is 21.0. The fourth-order valence-corrected chi connectivity index (χ4v) is 12.1. The van der Waals surface area contributed by atoms with Crippen molar-refractivity contribution in [1.29, 1.82) is 0 Å². The number of fused-ring (bicyclic) bond motifs is 2. The summed E-state index contributed by atoms with van der Waals surface area (Å²) in [7, 11) is -1.03. The lowest BCUT2D eigenvalue weighted by molar-refractivity contribution is 0.0663. The van der Waals surface area contributed by atoms with Crippen LogP contribution in [0.1, 0.15) is 96.3 Å². The van der Waals surface area contributed by atoms with E-state index >= 15 is 9.18 Å². The van der Waals surface area contributed by atoms with Gasteiger partial charge >= 0.3 is 10.6 Å². The first-order valence-corrected chi connectivity index (χ1v) is 24.3. The monoisotopic (exact) mass is 903 g/mol. The summed E-state index contributed by atoms with van der Waals surface area (Å²) < 4.78 is 49.7. The first kappa shape index (κ1) is 42.1. The fourth-order valence-electron chi connectivity index (χ4n) is 10.2. The van der Waals surface area contributed by atoms with E-state index in [1.165, 1.54) is 14.7 Å². The van der Waals surface area contributed by atoms with Gasteiger partial charge in [0.2, 0.25) is 0 Å². The molecule has 1 saturated carbocycles. The zero-order chi connectivity index (χ0) is 44.8. The lowest BCUT2D eigenvalue weighted by atomic mass is 9.91. The Morgan fingerprint density at radius 1 is 1.00 bits per heavy atom. The SMILES string of the molecule is CCS(=O)(=NC)c1ccc(-n2ccn(-c3c4c(nn3-c3cc(C)c(F)c(C)c3)CCN(C(=O)c3cc5cc(C6CCOCC6)ccc5n3[C@@]3(c5nsc(=O)[nH]5)C[C@@H]3C)[C@H]4C)c2=O)cc1. The zero-order valence-electron chi connectivity index (χ0n) is 36.6. The zero-order valence-corrected chi connectivity index (χ0v) is 38.3. The van der Waals surface area contributed by atoms with Crippen LogP contribution < -0.4 is 10.6 Å². The van der Waals surface area contributed by atoms with Crippen LogP contribution in [-0.2, 0) is 26.4 Å². The summed E-state index contributed by atoms with van der Waals surface area (Å²) in [6.45, 7) is 11.1. The summed E-state index contributed by atoms with van der Waals surface area (Å²) in [5.74, 6) is 1.28. The molecule has 7 aromatic rings.